The van der Waals surface area contributed by atoms with Crippen molar-refractivity contribution in [3.63, 3.8) is 0 Å². The number of amides is 2. The van der Waals surface area contributed by atoms with Crippen molar-refractivity contribution in [2.75, 3.05) is 34.8 Å². The maximum absolute atomic E-state index is 11.5. The van der Waals surface area contributed by atoms with Crippen LogP contribution in [0.4, 0.5) is 16.2 Å². The lowest BCUT2D eigenvalue weighted by atomic mass is 10.2. The summed E-state index contributed by atoms with van der Waals surface area (Å²) in [5.74, 6) is 0.458. The minimum Gasteiger partial charge on any atom is -0.381 e. The fraction of sp³-hybridized carbons (Fsp3) is 0.462. The van der Waals surface area contributed by atoms with Crippen LogP contribution >= 0.6 is 0 Å². The quantitative estimate of drug-likeness (QED) is 0.865. The molecule has 2 N–H and O–H groups in total. The molecule has 2 aliphatic heterocycles. The first-order valence-corrected chi connectivity index (χ1v) is 8.48. The van der Waals surface area contributed by atoms with E-state index in [1.807, 2.05) is 24.3 Å². The molecule has 108 valence electrons. The Balaban J connectivity index is 1.66. The third-order valence-corrected chi connectivity index (χ3v) is 5.41. The van der Waals surface area contributed by atoms with Gasteiger partial charge in [-0.3, -0.25) is 4.90 Å². The second-order valence-electron chi connectivity index (χ2n) is 5.17. The van der Waals surface area contributed by atoms with Gasteiger partial charge in [0.25, 0.3) is 0 Å². The van der Waals surface area contributed by atoms with E-state index in [2.05, 4.69) is 10.6 Å². The third kappa shape index (κ3) is 2.72. The summed E-state index contributed by atoms with van der Waals surface area (Å²) in [6.45, 7) is 1.34. The molecule has 2 amide bonds. The molecule has 0 bridgehead atoms. The van der Waals surface area contributed by atoms with Crippen LogP contribution in [0.25, 0.3) is 0 Å². The van der Waals surface area contributed by atoms with Gasteiger partial charge < -0.3 is 10.6 Å². The van der Waals surface area contributed by atoms with Crippen LogP contribution in [0.3, 0.4) is 0 Å². The highest BCUT2D eigenvalue weighted by Crippen LogP contribution is 2.22. The molecule has 0 spiro atoms. The Kier molecular flexibility index (Phi) is 3.29. The average molecular weight is 295 g/mol. The molecule has 2 saturated heterocycles. The highest BCUT2D eigenvalue weighted by atomic mass is 32.2. The minimum atomic E-state index is -2.87. The van der Waals surface area contributed by atoms with Crippen LogP contribution in [0.2, 0.25) is 0 Å². The Bertz CT molecular complexity index is 612. The second-order valence-corrected chi connectivity index (χ2v) is 7.40. The molecule has 1 atom stereocenters. The summed E-state index contributed by atoms with van der Waals surface area (Å²) in [6.07, 6.45) is 0.651. The van der Waals surface area contributed by atoms with Crippen LogP contribution in [0.1, 0.15) is 6.42 Å². The number of urea groups is 1. The Morgan fingerprint density at radius 3 is 2.55 bits per heavy atom. The Hall–Kier alpha value is -1.76. The number of carbonyl (C=O) groups is 1. The molecule has 7 heteroatoms. The van der Waals surface area contributed by atoms with Crippen molar-refractivity contribution >= 4 is 27.2 Å². The number of hydrogen-bond acceptors (Lipinski definition) is 4. The summed E-state index contributed by atoms with van der Waals surface area (Å²) >= 11 is 0. The van der Waals surface area contributed by atoms with Crippen molar-refractivity contribution < 1.29 is 13.2 Å². The zero-order valence-electron chi connectivity index (χ0n) is 11.0. The summed E-state index contributed by atoms with van der Waals surface area (Å²) in [5, 5.41) is 5.98. The van der Waals surface area contributed by atoms with Crippen LogP contribution in [0, 0.1) is 0 Å². The summed E-state index contributed by atoms with van der Waals surface area (Å²) in [5.41, 5.74) is 1.74. The molecule has 0 aromatic heterocycles. The molecule has 2 heterocycles. The maximum Gasteiger partial charge on any atom is 0.321 e. The Morgan fingerprint density at radius 2 is 2.00 bits per heavy atom. The SMILES string of the molecule is O=C1NCCN1c1ccc(NC2CCS(=O)(=O)C2)cc1. The van der Waals surface area contributed by atoms with Crippen LogP contribution < -0.4 is 15.5 Å². The van der Waals surface area contributed by atoms with Gasteiger partial charge in [-0.05, 0) is 30.7 Å². The van der Waals surface area contributed by atoms with E-state index in [1.54, 1.807) is 4.90 Å². The van der Waals surface area contributed by atoms with Gasteiger partial charge in [-0.1, -0.05) is 0 Å². The molecule has 0 aliphatic carbocycles. The Morgan fingerprint density at radius 1 is 1.25 bits per heavy atom. The predicted octanol–water partition coefficient (Wildman–Crippen LogP) is 0.815. The normalized spacial score (nSPS) is 24.7. The molecule has 6 nitrogen and oxygen atoms in total. The number of hydrogen-bond donors (Lipinski definition) is 2. The summed E-state index contributed by atoms with van der Waals surface area (Å²) in [7, 11) is -2.87. The van der Waals surface area contributed by atoms with Crippen LogP contribution in [0.5, 0.6) is 0 Å². The van der Waals surface area contributed by atoms with Gasteiger partial charge in [0.1, 0.15) is 0 Å². The van der Waals surface area contributed by atoms with E-state index in [0.717, 1.165) is 11.4 Å². The monoisotopic (exact) mass is 295 g/mol. The molecule has 2 aliphatic rings. The van der Waals surface area contributed by atoms with E-state index in [4.69, 9.17) is 0 Å². The molecule has 0 radical (unpaired) electrons. The maximum atomic E-state index is 11.5. The van der Waals surface area contributed by atoms with Gasteiger partial charge >= 0.3 is 6.03 Å². The van der Waals surface area contributed by atoms with Crippen LogP contribution in [0.15, 0.2) is 24.3 Å². The lowest BCUT2D eigenvalue weighted by Crippen LogP contribution is -2.27. The highest BCUT2D eigenvalue weighted by Gasteiger charge is 2.27. The number of benzene rings is 1. The molecular formula is C13H17N3O3S. The summed E-state index contributed by atoms with van der Waals surface area (Å²) in [4.78, 5) is 13.2. The zero-order valence-corrected chi connectivity index (χ0v) is 11.8. The largest absolute Gasteiger partial charge is 0.381 e. The first kappa shape index (κ1) is 13.2. The smallest absolute Gasteiger partial charge is 0.321 e. The van der Waals surface area contributed by atoms with E-state index in [9.17, 15) is 13.2 Å². The van der Waals surface area contributed by atoms with Crippen molar-refractivity contribution in [1.29, 1.82) is 0 Å². The van der Waals surface area contributed by atoms with Gasteiger partial charge in [0.2, 0.25) is 0 Å². The van der Waals surface area contributed by atoms with E-state index in [-0.39, 0.29) is 23.6 Å². The molecule has 0 saturated carbocycles. The predicted molar refractivity (Wildman–Crippen MR) is 77.9 cm³/mol. The molecule has 3 rings (SSSR count). The van der Waals surface area contributed by atoms with Crippen molar-refractivity contribution in [2.45, 2.75) is 12.5 Å². The van der Waals surface area contributed by atoms with E-state index < -0.39 is 9.84 Å². The van der Waals surface area contributed by atoms with Gasteiger partial charge in [-0.15, -0.1) is 0 Å². The summed E-state index contributed by atoms with van der Waals surface area (Å²) in [6, 6.07) is 7.42. The van der Waals surface area contributed by atoms with Crippen LogP contribution in [-0.4, -0.2) is 45.1 Å². The molecule has 20 heavy (non-hydrogen) atoms. The minimum absolute atomic E-state index is 0.0130. The third-order valence-electron chi connectivity index (χ3n) is 3.64. The number of sulfone groups is 1. The van der Waals surface area contributed by atoms with E-state index in [0.29, 0.717) is 19.5 Å². The van der Waals surface area contributed by atoms with E-state index in [1.165, 1.54) is 0 Å². The van der Waals surface area contributed by atoms with Crippen molar-refractivity contribution in [3.05, 3.63) is 24.3 Å². The van der Waals surface area contributed by atoms with Crippen molar-refractivity contribution in [1.82, 2.24) is 5.32 Å². The standard InChI is InChI=1S/C13H17N3O3S/c17-13-14-6-7-16(13)12-3-1-10(2-4-12)15-11-5-8-20(18,19)9-11/h1-4,11,15H,5-9H2,(H,14,17). The second kappa shape index (κ2) is 4.97. The molecule has 1 aromatic rings. The molecule has 1 aromatic carbocycles. The van der Waals surface area contributed by atoms with Gasteiger partial charge in [0, 0.05) is 30.5 Å². The fourth-order valence-corrected chi connectivity index (χ4v) is 4.27. The van der Waals surface area contributed by atoms with Crippen molar-refractivity contribution in [3.8, 4) is 0 Å². The first-order chi connectivity index (χ1) is 9.53. The number of carbonyl (C=O) groups excluding carboxylic acids is 1. The van der Waals surface area contributed by atoms with Gasteiger partial charge in [0.05, 0.1) is 11.5 Å². The molecular weight excluding hydrogens is 278 g/mol. The average Bonchev–Trinajstić information content (AvgIpc) is 2.97. The van der Waals surface area contributed by atoms with Gasteiger partial charge in [-0.25, -0.2) is 13.2 Å². The molecule has 2 fully saturated rings. The lowest BCUT2D eigenvalue weighted by molar-refractivity contribution is 0.252. The molecule has 1 unspecified atom stereocenters. The fourth-order valence-electron chi connectivity index (χ4n) is 2.60. The number of anilines is 2. The summed E-state index contributed by atoms with van der Waals surface area (Å²) < 4.78 is 22.8. The topological polar surface area (TPSA) is 78.5 Å². The zero-order chi connectivity index (χ0) is 14.2. The Labute approximate surface area is 118 Å². The number of rotatable bonds is 3. The van der Waals surface area contributed by atoms with Gasteiger partial charge in [0.15, 0.2) is 9.84 Å². The van der Waals surface area contributed by atoms with E-state index >= 15 is 0 Å². The number of nitrogens with one attached hydrogen (secondary N) is 2. The lowest BCUT2D eigenvalue weighted by Gasteiger charge is -2.16. The number of nitrogens with zero attached hydrogens (tertiary/aromatic N) is 1. The van der Waals surface area contributed by atoms with Crippen LogP contribution in [-0.2, 0) is 9.84 Å². The van der Waals surface area contributed by atoms with Gasteiger partial charge in [-0.2, -0.15) is 0 Å². The van der Waals surface area contributed by atoms with Crippen molar-refractivity contribution in [2.24, 2.45) is 0 Å². The highest BCUT2D eigenvalue weighted by molar-refractivity contribution is 7.91. The first-order valence-electron chi connectivity index (χ1n) is 6.66.